The standard InChI is InChI=1S/C15H13F4NO4/c16-9-1-3-10(4-2-9)24-7-8-5-20-12(13(22)11(8)6-21)14(23)15(17,18)19/h1-5,14,21-23H,6-7H2. The van der Waals surface area contributed by atoms with Gasteiger partial charge in [0.05, 0.1) is 6.61 Å². The van der Waals surface area contributed by atoms with E-state index in [-0.39, 0.29) is 23.5 Å². The number of nitrogens with zero attached hydrogens (tertiary/aromatic N) is 1. The van der Waals surface area contributed by atoms with Crippen LogP contribution >= 0.6 is 0 Å². The predicted molar refractivity (Wildman–Crippen MR) is 73.6 cm³/mol. The number of rotatable bonds is 5. The third-order valence-corrected chi connectivity index (χ3v) is 3.21. The molecule has 24 heavy (non-hydrogen) atoms. The number of aromatic hydroxyl groups is 1. The highest BCUT2D eigenvalue weighted by atomic mass is 19.4. The molecule has 0 saturated carbocycles. The number of aliphatic hydroxyl groups excluding tert-OH is 2. The predicted octanol–water partition coefficient (Wildman–Crippen LogP) is 2.59. The first-order valence-electron chi connectivity index (χ1n) is 6.67. The van der Waals surface area contributed by atoms with Crippen molar-refractivity contribution < 1.29 is 37.6 Å². The Morgan fingerprint density at radius 3 is 2.33 bits per heavy atom. The number of pyridine rings is 1. The Kier molecular flexibility index (Phi) is 5.25. The number of aliphatic hydroxyl groups is 2. The average Bonchev–Trinajstić information content (AvgIpc) is 2.53. The van der Waals surface area contributed by atoms with E-state index >= 15 is 0 Å². The van der Waals surface area contributed by atoms with Crippen LogP contribution < -0.4 is 4.74 Å². The summed E-state index contributed by atoms with van der Waals surface area (Å²) in [5, 5.41) is 28.3. The molecule has 0 fully saturated rings. The smallest absolute Gasteiger partial charge is 0.420 e. The van der Waals surface area contributed by atoms with E-state index in [4.69, 9.17) is 4.74 Å². The number of ether oxygens (including phenoxy) is 1. The minimum Gasteiger partial charge on any atom is -0.506 e. The van der Waals surface area contributed by atoms with Crippen LogP contribution in [0.1, 0.15) is 22.9 Å². The third-order valence-electron chi connectivity index (χ3n) is 3.21. The van der Waals surface area contributed by atoms with E-state index in [0.717, 1.165) is 18.3 Å². The molecule has 0 amide bonds. The van der Waals surface area contributed by atoms with Gasteiger partial charge in [-0.2, -0.15) is 13.2 Å². The maximum Gasteiger partial charge on any atom is 0.420 e. The van der Waals surface area contributed by atoms with Gasteiger partial charge in [-0.15, -0.1) is 0 Å². The number of aromatic nitrogens is 1. The Morgan fingerprint density at radius 1 is 1.17 bits per heavy atom. The fourth-order valence-electron chi connectivity index (χ4n) is 1.94. The van der Waals surface area contributed by atoms with Crippen molar-refractivity contribution in [1.82, 2.24) is 4.98 Å². The van der Waals surface area contributed by atoms with E-state index in [0.29, 0.717) is 0 Å². The van der Waals surface area contributed by atoms with Crippen LogP contribution in [0.25, 0.3) is 0 Å². The molecule has 3 N–H and O–H groups in total. The van der Waals surface area contributed by atoms with Gasteiger partial charge in [-0.3, -0.25) is 4.98 Å². The first-order chi connectivity index (χ1) is 11.2. The summed E-state index contributed by atoms with van der Waals surface area (Å²) < 4.78 is 55.7. The fourth-order valence-corrected chi connectivity index (χ4v) is 1.94. The Bertz CT molecular complexity index is 704. The van der Waals surface area contributed by atoms with Crippen LogP contribution in [-0.2, 0) is 13.2 Å². The summed E-state index contributed by atoms with van der Waals surface area (Å²) in [6, 6.07) is 4.98. The van der Waals surface area contributed by atoms with Gasteiger partial charge in [0.25, 0.3) is 0 Å². The topological polar surface area (TPSA) is 82.8 Å². The average molecular weight is 347 g/mol. The molecule has 2 aromatic rings. The molecule has 130 valence electrons. The molecule has 2 rings (SSSR count). The monoisotopic (exact) mass is 347 g/mol. The zero-order valence-electron chi connectivity index (χ0n) is 12.1. The van der Waals surface area contributed by atoms with Gasteiger partial charge in [-0.05, 0) is 24.3 Å². The second-order valence-electron chi connectivity index (χ2n) is 4.84. The van der Waals surface area contributed by atoms with E-state index in [2.05, 4.69) is 4.98 Å². The highest BCUT2D eigenvalue weighted by Crippen LogP contribution is 2.37. The first kappa shape index (κ1) is 18.0. The molecule has 9 heteroatoms. The van der Waals surface area contributed by atoms with Crippen molar-refractivity contribution in [2.45, 2.75) is 25.5 Å². The highest BCUT2D eigenvalue weighted by molar-refractivity contribution is 5.42. The molecule has 0 spiro atoms. The van der Waals surface area contributed by atoms with E-state index in [1.54, 1.807) is 0 Å². The van der Waals surface area contributed by atoms with E-state index < -0.39 is 36.1 Å². The molecule has 0 aliphatic rings. The van der Waals surface area contributed by atoms with Crippen molar-refractivity contribution in [3.05, 3.63) is 53.1 Å². The lowest BCUT2D eigenvalue weighted by atomic mass is 10.1. The molecular weight excluding hydrogens is 334 g/mol. The van der Waals surface area contributed by atoms with Gasteiger partial charge in [0.1, 0.15) is 29.6 Å². The summed E-state index contributed by atoms with van der Waals surface area (Å²) in [4.78, 5) is 3.41. The number of hydrogen-bond acceptors (Lipinski definition) is 5. The SMILES string of the molecule is OCc1c(COc2ccc(F)cc2)cnc(C(O)C(F)(F)F)c1O. The summed E-state index contributed by atoms with van der Waals surface area (Å²) in [5.41, 5.74) is -1.13. The van der Waals surface area contributed by atoms with Crippen LogP contribution in [0.5, 0.6) is 11.5 Å². The van der Waals surface area contributed by atoms with Gasteiger partial charge in [0.15, 0.2) is 6.10 Å². The number of hydrogen-bond donors (Lipinski definition) is 3. The van der Waals surface area contributed by atoms with Gasteiger partial charge >= 0.3 is 6.18 Å². The number of alkyl halides is 3. The van der Waals surface area contributed by atoms with Crippen molar-refractivity contribution in [3.63, 3.8) is 0 Å². The fraction of sp³-hybridized carbons (Fsp3) is 0.267. The molecule has 0 aliphatic heterocycles. The summed E-state index contributed by atoms with van der Waals surface area (Å²) in [7, 11) is 0. The van der Waals surface area contributed by atoms with E-state index in [9.17, 15) is 32.9 Å². The number of halogens is 4. The quantitative estimate of drug-likeness (QED) is 0.724. The molecular formula is C15H13F4NO4. The molecule has 1 unspecified atom stereocenters. The third kappa shape index (κ3) is 3.92. The first-order valence-corrected chi connectivity index (χ1v) is 6.67. The lowest BCUT2D eigenvalue weighted by molar-refractivity contribution is -0.208. The zero-order chi connectivity index (χ0) is 17.9. The lowest BCUT2D eigenvalue weighted by Gasteiger charge is -2.18. The Balaban J connectivity index is 2.25. The van der Waals surface area contributed by atoms with Gasteiger partial charge in [-0.1, -0.05) is 0 Å². The van der Waals surface area contributed by atoms with Crippen LogP contribution in [0.2, 0.25) is 0 Å². The van der Waals surface area contributed by atoms with Crippen molar-refractivity contribution in [1.29, 1.82) is 0 Å². The Labute approximate surface area is 133 Å². The molecule has 0 aliphatic carbocycles. The van der Waals surface area contributed by atoms with Crippen molar-refractivity contribution >= 4 is 0 Å². The zero-order valence-corrected chi connectivity index (χ0v) is 12.1. The van der Waals surface area contributed by atoms with E-state index in [1.165, 1.54) is 12.1 Å². The Morgan fingerprint density at radius 2 is 1.79 bits per heavy atom. The van der Waals surface area contributed by atoms with Crippen molar-refractivity contribution in [2.75, 3.05) is 0 Å². The van der Waals surface area contributed by atoms with Crippen LogP contribution in [0.4, 0.5) is 17.6 Å². The minimum atomic E-state index is -5.01. The minimum absolute atomic E-state index is 0.123. The molecule has 1 aromatic heterocycles. The van der Waals surface area contributed by atoms with Crippen LogP contribution in [0, 0.1) is 5.82 Å². The van der Waals surface area contributed by atoms with Crippen LogP contribution in [0.15, 0.2) is 30.5 Å². The molecule has 1 aromatic carbocycles. The summed E-state index contributed by atoms with van der Waals surface area (Å²) in [5.74, 6) is -1.15. The number of benzene rings is 1. The van der Waals surface area contributed by atoms with E-state index in [1.807, 2.05) is 0 Å². The summed E-state index contributed by atoms with van der Waals surface area (Å²) in [6.45, 7) is -1.02. The van der Waals surface area contributed by atoms with Crippen molar-refractivity contribution in [3.8, 4) is 11.5 Å². The van der Waals surface area contributed by atoms with Gasteiger partial charge in [0.2, 0.25) is 0 Å². The molecule has 0 radical (unpaired) electrons. The molecule has 1 atom stereocenters. The molecule has 0 saturated heterocycles. The second-order valence-corrected chi connectivity index (χ2v) is 4.84. The molecule has 5 nitrogen and oxygen atoms in total. The largest absolute Gasteiger partial charge is 0.506 e. The van der Waals surface area contributed by atoms with Gasteiger partial charge in [-0.25, -0.2) is 4.39 Å². The maximum atomic E-state index is 12.8. The van der Waals surface area contributed by atoms with Gasteiger partial charge < -0.3 is 20.1 Å². The van der Waals surface area contributed by atoms with Crippen LogP contribution in [-0.4, -0.2) is 26.5 Å². The van der Waals surface area contributed by atoms with Crippen LogP contribution in [0.3, 0.4) is 0 Å². The molecule has 0 bridgehead atoms. The van der Waals surface area contributed by atoms with Crippen molar-refractivity contribution in [2.24, 2.45) is 0 Å². The normalized spacial score (nSPS) is 12.9. The summed E-state index contributed by atoms with van der Waals surface area (Å²) >= 11 is 0. The molecule has 1 heterocycles. The highest BCUT2D eigenvalue weighted by Gasteiger charge is 2.42. The summed E-state index contributed by atoms with van der Waals surface area (Å²) in [6.07, 6.45) is -7.03. The van der Waals surface area contributed by atoms with Gasteiger partial charge in [0, 0.05) is 17.3 Å². The maximum absolute atomic E-state index is 12.8. The second kappa shape index (κ2) is 7.02. The lowest BCUT2D eigenvalue weighted by Crippen LogP contribution is -2.22. The Hall–Kier alpha value is -2.39.